The van der Waals surface area contributed by atoms with Crippen LogP contribution in [0.3, 0.4) is 0 Å². The molecule has 0 saturated heterocycles. The van der Waals surface area contributed by atoms with E-state index >= 15 is 0 Å². The molecule has 1 heteroatoms. The molecule has 0 unspecified atom stereocenters. The Hall–Kier alpha value is -1.00. The van der Waals surface area contributed by atoms with Crippen LogP contribution in [-0.2, 0) is 4.74 Å². The number of ether oxygens (including phenoxy) is 1. The summed E-state index contributed by atoms with van der Waals surface area (Å²) >= 11 is 0. The highest BCUT2D eigenvalue weighted by molar-refractivity contribution is 5.22. The van der Waals surface area contributed by atoms with Gasteiger partial charge in [0.2, 0.25) is 0 Å². The van der Waals surface area contributed by atoms with Gasteiger partial charge in [-0.3, -0.25) is 0 Å². The zero-order valence-corrected chi connectivity index (χ0v) is 6.26. The second-order valence-corrected chi connectivity index (χ2v) is 1.86. The van der Waals surface area contributed by atoms with E-state index in [1.807, 2.05) is 13.0 Å². The third-order valence-corrected chi connectivity index (χ3v) is 0.971. The minimum Gasteiger partial charge on any atom is -0.373 e. The summed E-state index contributed by atoms with van der Waals surface area (Å²) in [6, 6.07) is 0. The van der Waals surface area contributed by atoms with Gasteiger partial charge in [-0.25, -0.2) is 0 Å². The average Bonchev–Trinajstić information content (AvgIpc) is 1.98. The van der Waals surface area contributed by atoms with E-state index in [2.05, 4.69) is 12.5 Å². The van der Waals surface area contributed by atoms with Crippen molar-refractivity contribution in [3.63, 3.8) is 0 Å². The Morgan fingerprint density at radius 1 is 1.70 bits per heavy atom. The van der Waals surface area contributed by atoms with E-state index in [0.29, 0.717) is 13.2 Å². The molecule has 0 aliphatic carbocycles. The Morgan fingerprint density at radius 2 is 2.40 bits per heavy atom. The van der Waals surface area contributed by atoms with Crippen LogP contribution in [0.2, 0.25) is 0 Å². The highest BCUT2D eigenvalue weighted by Gasteiger charge is 1.80. The molecule has 1 nitrogen and oxygen atoms in total. The molecular formula is C9H12O. The van der Waals surface area contributed by atoms with Gasteiger partial charge < -0.3 is 4.74 Å². The van der Waals surface area contributed by atoms with Crippen molar-refractivity contribution in [2.75, 3.05) is 13.2 Å². The summed E-state index contributed by atoms with van der Waals surface area (Å²) in [5.41, 5.74) is 0.907. The zero-order valence-electron chi connectivity index (χ0n) is 6.26. The number of hydrogen-bond acceptors (Lipinski definition) is 1. The SMILES string of the molecule is C#C/C(C)=C/COCC=C. The third-order valence-electron chi connectivity index (χ3n) is 0.971. The highest BCUT2D eigenvalue weighted by Crippen LogP contribution is 1.88. The molecule has 0 N–H and O–H groups in total. The van der Waals surface area contributed by atoms with Crippen LogP contribution in [0.4, 0.5) is 0 Å². The molecular weight excluding hydrogens is 124 g/mol. The van der Waals surface area contributed by atoms with Crippen LogP contribution >= 0.6 is 0 Å². The normalized spacial score (nSPS) is 10.6. The Morgan fingerprint density at radius 3 is 2.90 bits per heavy atom. The molecule has 0 saturated carbocycles. The van der Waals surface area contributed by atoms with Crippen LogP contribution in [0.25, 0.3) is 0 Å². The van der Waals surface area contributed by atoms with E-state index < -0.39 is 0 Å². The lowest BCUT2D eigenvalue weighted by atomic mass is 10.3. The van der Waals surface area contributed by atoms with Crippen molar-refractivity contribution in [1.29, 1.82) is 0 Å². The van der Waals surface area contributed by atoms with Gasteiger partial charge in [-0.1, -0.05) is 12.0 Å². The van der Waals surface area contributed by atoms with Crippen LogP contribution in [0, 0.1) is 12.3 Å². The molecule has 0 aliphatic heterocycles. The van der Waals surface area contributed by atoms with Gasteiger partial charge in [0.25, 0.3) is 0 Å². The Kier molecular flexibility index (Phi) is 5.51. The molecule has 0 heterocycles. The van der Waals surface area contributed by atoms with Gasteiger partial charge >= 0.3 is 0 Å². The second-order valence-electron chi connectivity index (χ2n) is 1.86. The summed E-state index contributed by atoms with van der Waals surface area (Å²) in [6.07, 6.45) is 8.66. The summed E-state index contributed by atoms with van der Waals surface area (Å²) in [5.74, 6) is 2.50. The maximum Gasteiger partial charge on any atom is 0.0663 e. The zero-order chi connectivity index (χ0) is 7.82. The minimum atomic E-state index is 0.571. The Bertz CT molecular complexity index is 160. The van der Waals surface area contributed by atoms with Gasteiger partial charge in [0.15, 0.2) is 0 Å². The predicted molar refractivity (Wildman–Crippen MR) is 43.6 cm³/mol. The third kappa shape index (κ3) is 5.14. The maximum atomic E-state index is 5.09. The first-order valence-corrected chi connectivity index (χ1v) is 3.13. The monoisotopic (exact) mass is 136 g/mol. The van der Waals surface area contributed by atoms with Crippen molar-refractivity contribution in [3.05, 3.63) is 24.3 Å². The molecule has 0 aromatic heterocycles. The smallest absolute Gasteiger partial charge is 0.0663 e. The van der Waals surface area contributed by atoms with Crippen LogP contribution in [0.15, 0.2) is 24.3 Å². The number of rotatable bonds is 4. The summed E-state index contributed by atoms with van der Waals surface area (Å²) in [4.78, 5) is 0. The van der Waals surface area contributed by atoms with E-state index in [4.69, 9.17) is 11.2 Å². The highest BCUT2D eigenvalue weighted by atomic mass is 16.5. The topological polar surface area (TPSA) is 9.23 Å². The fourth-order valence-corrected chi connectivity index (χ4v) is 0.394. The summed E-state index contributed by atoms with van der Waals surface area (Å²) < 4.78 is 5.07. The van der Waals surface area contributed by atoms with Crippen LogP contribution in [-0.4, -0.2) is 13.2 Å². The van der Waals surface area contributed by atoms with E-state index in [1.54, 1.807) is 6.08 Å². The molecule has 0 radical (unpaired) electrons. The number of hydrogen-bond donors (Lipinski definition) is 0. The molecule has 0 rings (SSSR count). The predicted octanol–water partition coefficient (Wildman–Crippen LogP) is 1.77. The second kappa shape index (κ2) is 6.12. The molecule has 0 aliphatic rings. The van der Waals surface area contributed by atoms with Crippen molar-refractivity contribution in [1.82, 2.24) is 0 Å². The van der Waals surface area contributed by atoms with Gasteiger partial charge in [-0.2, -0.15) is 0 Å². The van der Waals surface area contributed by atoms with Crippen LogP contribution in [0.5, 0.6) is 0 Å². The molecule has 54 valence electrons. The van der Waals surface area contributed by atoms with Gasteiger partial charge in [-0.15, -0.1) is 13.0 Å². The summed E-state index contributed by atoms with van der Waals surface area (Å²) in [6.45, 7) is 6.53. The number of allylic oxidation sites excluding steroid dienone is 1. The molecule has 0 amide bonds. The van der Waals surface area contributed by atoms with Gasteiger partial charge in [0, 0.05) is 0 Å². The quantitative estimate of drug-likeness (QED) is 0.325. The Balaban J connectivity index is 3.36. The molecule has 0 fully saturated rings. The lowest BCUT2D eigenvalue weighted by Crippen LogP contribution is -1.90. The molecule has 0 aromatic rings. The number of terminal acetylenes is 1. The van der Waals surface area contributed by atoms with Crippen LogP contribution < -0.4 is 0 Å². The van der Waals surface area contributed by atoms with Crippen molar-refractivity contribution in [2.45, 2.75) is 6.92 Å². The molecule has 10 heavy (non-hydrogen) atoms. The van der Waals surface area contributed by atoms with Gasteiger partial charge in [0.1, 0.15) is 0 Å². The van der Waals surface area contributed by atoms with Crippen LogP contribution in [0.1, 0.15) is 6.92 Å². The first-order chi connectivity index (χ1) is 4.81. The molecule has 0 spiro atoms. The summed E-state index contributed by atoms with van der Waals surface area (Å²) in [5, 5.41) is 0. The fourth-order valence-electron chi connectivity index (χ4n) is 0.394. The van der Waals surface area contributed by atoms with Crippen molar-refractivity contribution in [3.8, 4) is 12.3 Å². The first-order valence-electron chi connectivity index (χ1n) is 3.13. The van der Waals surface area contributed by atoms with Crippen molar-refractivity contribution < 1.29 is 4.74 Å². The van der Waals surface area contributed by atoms with E-state index in [9.17, 15) is 0 Å². The molecule has 0 aromatic carbocycles. The van der Waals surface area contributed by atoms with E-state index in [-0.39, 0.29) is 0 Å². The Labute approximate surface area is 62.4 Å². The first kappa shape index (κ1) is 9.00. The standard InChI is InChI=1S/C9H12O/c1-4-7-10-8-6-9(3)5-2/h2,4,6H,1,7-8H2,3H3/b9-6+. The minimum absolute atomic E-state index is 0.571. The van der Waals surface area contributed by atoms with E-state index in [0.717, 1.165) is 5.57 Å². The van der Waals surface area contributed by atoms with Gasteiger partial charge in [-0.05, 0) is 18.6 Å². The summed E-state index contributed by atoms with van der Waals surface area (Å²) in [7, 11) is 0. The van der Waals surface area contributed by atoms with Gasteiger partial charge in [0.05, 0.1) is 13.2 Å². The van der Waals surface area contributed by atoms with Crippen molar-refractivity contribution in [2.24, 2.45) is 0 Å². The molecule has 0 bridgehead atoms. The fraction of sp³-hybridized carbons (Fsp3) is 0.333. The molecule has 0 atom stereocenters. The largest absolute Gasteiger partial charge is 0.373 e. The maximum absolute atomic E-state index is 5.09. The van der Waals surface area contributed by atoms with E-state index in [1.165, 1.54) is 0 Å². The lowest BCUT2D eigenvalue weighted by molar-refractivity contribution is 0.194. The lowest BCUT2D eigenvalue weighted by Gasteiger charge is -1.93. The average molecular weight is 136 g/mol. The van der Waals surface area contributed by atoms with Crippen molar-refractivity contribution >= 4 is 0 Å².